The number of anilines is 3. The molecule has 2 aliphatic rings. The van der Waals surface area contributed by atoms with Gasteiger partial charge in [-0.05, 0) is 68.4 Å². The Bertz CT molecular complexity index is 1810. The fourth-order valence-electron chi connectivity index (χ4n) is 6.98. The Kier molecular flexibility index (Phi) is 4.46. The molecule has 1 N–H and O–H groups in total. The van der Waals surface area contributed by atoms with Crippen molar-refractivity contribution in [2.45, 2.75) is 11.5 Å². The number of benzene rings is 6. The van der Waals surface area contributed by atoms with Crippen molar-refractivity contribution in [1.29, 1.82) is 0 Å². The second kappa shape index (κ2) is 7.92. The predicted molar refractivity (Wildman–Crippen MR) is 155 cm³/mol. The van der Waals surface area contributed by atoms with E-state index in [2.05, 4.69) is 138 Å². The van der Waals surface area contributed by atoms with Crippen LogP contribution in [0.3, 0.4) is 0 Å². The Morgan fingerprint density at radius 3 is 1.82 bits per heavy atom. The summed E-state index contributed by atoms with van der Waals surface area (Å²) in [7, 11) is 0. The van der Waals surface area contributed by atoms with Gasteiger partial charge in [0.25, 0.3) is 0 Å². The van der Waals surface area contributed by atoms with Crippen LogP contribution in [0.5, 0.6) is 0 Å². The fraction of sp³-hybridized carbons (Fsp3) is 0.0556. The molecule has 1 atom stereocenters. The van der Waals surface area contributed by atoms with Crippen molar-refractivity contribution in [3.63, 3.8) is 0 Å². The first kappa shape index (κ1) is 21.4. The molecule has 0 aromatic heterocycles. The van der Waals surface area contributed by atoms with Crippen LogP contribution >= 0.6 is 0 Å². The SMILES string of the molecule is OC1c2ccccc2C2(c3ccccc3N(c3ccccc3)c3ccccc32)c2ccc3ccccc3c21. The highest BCUT2D eigenvalue weighted by molar-refractivity contribution is 5.94. The molecule has 0 fully saturated rings. The molecule has 180 valence electrons. The highest BCUT2D eigenvalue weighted by atomic mass is 16.3. The second-order valence-electron chi connectivity index (χ2n) is 10.2. The summed E-state index contributed by atoms with van der Waals surface area (Å²) in [6.07, 6.45) is -0.704. The van der Waals surface area contributed by atoms with E-state index in [1.54, 1.807) is 0 Å². The Morgan fingerprint density at radius 1 is 0.500 bits per heavy atom. The summed E-state index contributed by atoms with van der Waals surface area (Å²) in [6, 6.07) is 49.5. The third kappa shape index (κ3) is 2.65. The van der Waals surface area contributed by atoms with E-state index < -0.39 is 11.5 Å². The van der Waals surface area contributed by atoms with E-state index in [1.807, 2.05) is 6.07 Å². The van der Waals surface area contributed by atoms with Crippen molar-refractivity contribution in [2.24, 2.45) is 0 Å². The number of fused-ring (bicyclic) bond motifs is 10. The van der Waals surface area contributed by atoms with E-state index in [4.69, 9.17) is 0 Å². The van der Waals surface area contributed by atoms with E-state index in [9.17, 15) is 5.11 Å². The zero-order valence-corrected chi connectivity index (χ0v) is 20.8. The number of hydrogen-bond donors (Lipinski definition) is 1. The van der Waals surface area contributed by atoms with E-state index in [0.29, 0.717) is 0 Å². The molecule has 1 spiro atoms. The van der Waals surface area contributed by atoms with E-state index in [-0.39, 0.29) is 0 Å². The van der Waals surface area contributed by atoms with Crippen molar-refractivity contribution in [3.05, 3.63) is 173 Å². The van der Waals surface area contributed by atoms with Crippen LogP contribution < -0.4 is 4.90 Å². The van der Waals surface area contributed by atoms with E-state index >= 15 is 0 Å². The summed E-state index contributed by atoms with van der Waals surface area (Å²) in [4.78, 5) is 2.38. The zero-order chi connectivity index (χ0) is 25.3. The van der Waals surface area contributed by atoms with Gasteiger partial charge >= 0.3 is 0 Å². The van der Waals surface area contributed by atoms with Gasteiger partial charge in [-0.25, -0.2) is 0 Å². The van der Waals surface area contributed by atoms with Gasteiger partial charge in [-0.3, -0.25) is 0 Å². The van der Waals surface area contributed by atoms with Crippen LogP contribution in [0.2, 0.25) is 0 Å². The molecule has 0 saturated heterocycles. The number of para-hydroxylation sites is 3. The molecule has 1 aliphatic heterocycles. The highest BCUT2D eigenvalue weighted by Gasteiger charge is 2.51. The second-order valence-corrected chi connectivity index (χ2v) is 10.2. The number of nitrogens with zero attached hydrogens (tertiary/aromatic N) is 1. The van der Waals surface area contributed by atoms with Gasteiger partial charge in [0.1, 0.15) is 6.10 Å². The fourth-order valence-corrected chi connectivity index (χ4v) is 6.98. The van der Waals surface area contributed by atoms with Gasteiger partial charge in [-0.15, -0.1) is 0 Å². The lowest BCUT2D eigenvalue weighted by atomic mass is 9.57. The minimum atomic E-state index is -0.704. The molecule has 0 radical (unpaired) electrons. The van der Waals surface area contributed by atoms with Crippen molar-refractivity contribution in [2.75, 3.05) is 4.90 Å². The molecule has 38 heavy (non-hydrogen) atoms. The molecule has 6 aromatic carbocycles. The summed E-state index contributed by atoms with van der Waals surface area (Å²) >= 11 is 0. The Morgan fingerprint density at radius 2 is 1.08 bits per heavy atom. The molecule has 2 nitrogen and oxygen atoms in total. The number of hydrogen-bond acceptors (Lipinski definition) is 2. The van der Waals surface area contributed by atoms with E-state index in [1.165, 1.54) is 11.1 Å². The minimum Gasteiger partial charge on any atom is -0.384 e. The van der Waals surface area contributed by atoms with Crippen LogP contribution in [0.4, 0.5) is 17.1 Å². The summed E-state index contributed by atoms with van der Waals surface area (Å²) in [6.45, 7) is 0. The quantitative estimate of drug-likeness (QED) is 0.251. The zero-order valence-electron chi connectivity index (χ0n) is 20.8. The summed E-state index contributed by atoms with van der Waals surface area (Å²) in [5.41, 5.74) is 9.56. The first-order valence-corrected chi connectivity index (χ1v) is 13.1. The minimum absolute atomic E-state index is 0.576. The lowest BCUT2D eigenvalue weighted by Gasteiger charge is -2.50. The first-order chi connectivity index (χ1) is 18.8. The van der Waals surface area contributed by atoms with Crippen LogP contribution in [0, 0.1) is 0 Å². The Labute approximate surface area is 222 Å². The molecule has 1 unspecified atom stereocenters. The van der Waals surface area contributed by atoms with Crippen molar-refractivity contribution < 1.29 is 5.11 Å². The standard InChI is InChI=1S/C36H25NO/c38-35-27-16-6-7-17-28(27)36(31-23-22-24-12-4-5-15-26(24)34(31)35)29-18-8-10-20-32(29)37(25-13-2-1-3-14-25)33-21-11-9-19-30(33)36/h1-23,35,38H. The number of aliphatic hydroxyl groups is 1. The molecule has 0 amide bonds. The smallest absolute Gasteiger partial charge is 0.105 e. The average Bonchev–Trinajstić information content (AvgIpc) is 2.99. The Hall–Kier alpha value is -4.66. The Balaban J connectivity index is 1.59. The molecular weight excluding hydrogens is 462 g/mol. The highest BCUT2D eigenvalue weighted by Crippen LogP contribution is 2.62. The van der Waals surface area contributed by atoms with Gasteiger partial charge in [0.2, 0.25) is 0 Å². The van der Waals surface area contributed by atoms with Gasteiger partial charge in [0.05, 0.1) is 16.8 Å². The van der Waals surface area contributed by atoms with Crippen LogP contribution in [-0.2, 0) is 5.41 Å². The van der Waals surface area contributed by atoms with Gasteiger partial charge in [0.15, 0.2) is 0 Å². The van der Waals surface area contributed by atoms with Crippen LogP contribution in [0.15, 0.2) is 140 Å². The molecule has 6 aromatic rings. The van der Waals surface area contributed by atoms with Crippen molar-refractivity contribution in [3.8, 4) is 0 Å². The molecule has 2 heteroatoms. The maximum absolute atomic E-state index is 11.9. The van der Waals surface area contributed by atoms with Crippen LogP contribution in [-0.4, -0.2) is 5.11 Å². The van der Waals surface area contributed by atoms with Crippen LogP contribution in [0.25, 0.3) is 10.8 Å². The molecule has 1 heterocycles. The summed E-state index contributed by atoms with van der Waals surface area (Å²) in [5, 5.41) is 14.2. The van der Waals surface area contributed by atoms with Gasteiger partial charge in [-0.1, -0.05) is 115 Å². The van der Waals surface area contributed by atoms with E-state index in [0.717, 1.165) is 50.1 Å². The largest absolute Gasteiger partial charge is 0.384 e. The maximum atomic E-state index is 11.9. The summed E-state index contributed by atoms with van der Waals surface area (Å²) < 4.78 is 0. The maximum Gasteiger partial charge on any atom is 0.105 e. The average molecular weight is 488 g/mol. The molecular formula is C36H25NO. The molecule has 8 rings (SSSR count). The summed E-state index contributed by atoms with van der Waals surface area (Å²) in [5.74, 6) is 0. The van der Waals surface area contributed by atoms with Crippen molar-refractivity contribution in [1.82, 2.24) is 0 Å². The number of aliphatic hydroxyl groups excluding tert-OH is 1. The van der Waals surface area contributed by atoms with Gasteiger partial charge < -0.3 is 10.0 Å². The first-order valence-electron chi connectivity index (χ1n) is 13.1. The lowest BCUT2D eigenvalue weighted by Crippen LogP contribution is -2.41. The third-order valence-corrected chi connectivity index (χ3v) is 8.42. The topological polar surface area (TPSA) is 23.5 Å². The van der Waals surface area contributed by atoms with Gasteiger partial charge in [-0.2, -0.15) is 0 Å². The molecule has 0 bridgehead atoms. The van der Waals surface area contributed by atoms with Gasteiger partial charge in [0, 0.05) is 5.69 Å². The monoisotopic (exact) mass is 487 g/mol. The normalized spacial score (nSPS) is 16.4. The third-order valence-electron chi connectivity index (χ3n) is 8.42. The predicted octanol–water partition coefficient (Wildman–Crippen LogP) is 8.40. The van der Waals surface area contributed by atoms with Crippen molar-refractivity contribution >= 4 is 27.8 Å². The number of rotatable bonds is 1. The molecule has 1 aliphatic carbocycles. The lowest BCUT2D eigenvalue weighted by molar-refractivity contribution is 0.213. The van der Waals surface area contributed by atoms with Crippen LogP contribution in [0.1, 0.15) is 39.5 Å². The molecule has 0 saturated carbocycles.